The van der Waals surface area contributed by atoms with Gasteiger partial charge in [0.25, 0.3) is 0 Å². The molecule has 0 aliphatic carbocycles. The summed E-state index contributed by atoms with van der Waals surface area (Å²) in [6.45, 7) is 1.24. The van der Waals surface area contributed by atoms with Gasteiger partial charge in [0.1, 0.15) is 5.82 Å². The van der Waals surface area contributed by atoms with Gasteiger partial charge in [-0.2, -0.15) is 0 Å². The first-order valence-electron chi connectivity index (χ1n) is 5.55. The average Bonchev–Trinajstić information content (AvgIpc) is 2.36. The molecule has 0 saturated heterocycles. The zero-order valence-corrected chi connectivity index (χ0v) is 11.9. The highest BCUT2D eigenvalue weighted by atomic mass is 79.9. The highest BCUT2D eigenvalue weighted by Gasteiger charge is 2.03. The molecule has 0 saturated carbocycles. The van der Waals surface area contributed by atoms with Crippen LogP contribution in [0.5, 0.6) is 0 Å². The lowest BCUT2D eigenvalue weighted by atomic mass is 10.2. The Labute approximate surface area is 119 Å². The summed E-state index contributed by atoms with van der Waals surface area (Å²) in [6, 6.07) is 12.4. The van der Waals surface area contributed by atoms with E-state index in [2.05, 4.69) is 21.2 Å². The van der Waals surface area contributed by atoms with Crippen molar-refractivity contribution in [1.29, 1.82) is 0 Å². The molecule has 0 aliphatic rings. The van der Waals surface area contributed by atoms with Crippen molar-refractivity contribution in [3.8, 4) is 0 Å². The van der Waals surface area contributed by atoms with E-state index in [4.69, 9.17) is 11.6 Å². The summed E-state index contributed by atoms with van der Waals surface area (Å²) in [6.07, 6.45) is 0. The first-order chi connectivity index (χ1) is 8.66. The lowest BCUT2D eigenvalue weighted by molar-refractivity contribution is 0.620. The first kappa shape index (κ1) is 13.5. The second-order valence-corrected chi connectivity index (χ2v) is 5.19. The number of rotatable bonds is 4. The van der Waals surface area contributed by atoms with Gasteiger partial charge in [-0.15, -0.1) is 0 Å². The Hall–Kier alpha value is -0.900. The molecule has 0 bridgehead atoms. The Morgan fingerprint density at radius 1 is 1.06 bits per heavy atom. The van der Waals surface area contributed by atoms with E-state index in [1.54, 1.807) is 6.07 Å². The van der Waals surface area contributed by atoms with Crippen LogP contribution in [-0.4, -0.2) is 0 Å². The Morgan fingerprint density at radius 3 is 2.56 bits per heavy atom. The molecule has 4 heteroatoms. The van der Waals surface area contributed by atoms with Gasteiger partial charge >= 0.3 is 0 Å². The molecule has 94 valence electrons. The third kappa shape index (κ3) is 3.55. The molecular formula is C14H12BrClFN. The van der Waals surface area contributed by atoms with E-state index in [0.29, 0.717) is 18.1 Å². The lowest BCUT2D eigenvalue weighted by Gasteiger charge is -2.08. The summed E-state index contributed by atoms with van der Waals surface area (Å²) in [5, 5.41) is 3.83. The molecule has 1 N–H and O–H groups in total. The van der Waals surface area contributed by atoms with Crippen molar-refractivity contribution in [3.63, 3.8) is 0 Å². The van der Waals surface area contributed by atoms with E-state index < -0.39 is 0 Å². The molecule has 0 amide bonds. The maximum absolute atomic E-state index is 13.1. The normalized spacial score (nSPS) is 10.6. The van der Waals surface area contributed by atoms with Crippen LogP contribution in [0.1, 0.15) is 11.1 Å². The van der Waals surface area contributed by atoms with Gasteiger partial charge in [-0.1, -0.05) is 45.7 Å². The first-order valence-corrected chi connectivity index (χ1v) is 6.72. The Balaban J connectivity index is 1.96. The predicted molar refractivity (Wildman–Crippen MR) is 76.1 cm³/mol. The van der Waals surface area contributed by atoms with Gasteiger partial charge < -0.3 is 5.32 Å². The van der Waals surface area contributed by atoms with Crippen LogP contribution in [0.3, 0.4) is 0 Å². The van der Waals surface area contributed by atoms with Crippen LogP contribution < -0.4 is 5.32 Å². The molecule has 0 fully saturated rings. The number of hydrogen-bond donors (Lipinski definition) is 1. The Bertz CT molecular complexity index is 545. The molecule has 0 aromatic heterocycles. The van der Waals surface area contributed by atoms with Crippen LogP contribution >= 0.6 is 27.5 Å². The highest BCUT2D eigenvalue weighted by molar-refractivity contribution is 9.10. The number of benzene rings is 2. The Morgan fingerprint density at radius 2 is 1.78 bits per heavy atom. The molecule has 0 atom stereocenters. The summed E-state index contributed by atoms with van der Waals surface area (Å²) in [5.74, 6) is -0.267. The molecule has 0 heterocycles. The largest absolute Gasteiger partial charge is 0.309 e. The summed E-state index contributed by atoms with van der Waals surface area (Å²) in [7, 11) is 0. The van der Waals surface area contributed by atoms with Crippen molar-refractivity contribution >= 4 is 27.5 Å². The van der Waals surface area contributed by atoms with Gasteiger partial charge in [0.15, 0.2) is 0 Å². The number of nitrogens with one attached hydrogen (secondary N) is 1. The minimum atomic E-state index is -0.267. The third-order valence-corrected chi connectivity index (χ3v) is 3.74. The average molecular weight is 329 g/mol. The van der Waals surface area contributed by atoms with Crippen molar-refractivity contribution in [2.45, 2.75) is 13.1 Å². The van der Waals surface area contributed by atoms with Crippen LogP contribution in [0.4, 0.5) is 4.39 Å². The van der Waals surface area contributed by atoms with Gasteiger partial charge in [-0.3, -0.25) is 0 Å². The van der Waals surface area contributed by atoms with Crippen molar-refractivity contribution in [2.75, 3.05) is 0 Å². The maximum atomic E-state index is 13.1. The van der Waals surface area contributed by atoms with Gasteiger partial charge in [-0.25, -0.2) is 4.39 Å². The van der Waals surface area contributed by atoms with Gasteiger partial charge in [-0.05, 0) is 35.4 Å². The van der Waals surface area contributed by atoms with Crippen LogP contribution in [0.15, 0.2) is 46.9 Å². The van der Waals surface area contributed by atoms with E-state index in [9.17, 15) is 4.39 Å². The van der Waals surface area contributed by atoms with Gasteiger partial charge in [0.05, 0.1) is 0 Å². The minimum absolute atomic E-state index is 0.267. The highest BCUT2D eigenvalue weighted by Crippen LogP contribution is 2.18. The SMILES string of the molecule is Fc1ccc(Cl)c(CNCc2ccccc2Br)c1. The summed E-state index contributed by atoms with van der Waals surface area (Å²) in [4.78, 5) is 0. The van der Waals surface area contributed by atoms with Crippen molar-refractivity contribution in [1.82, 2.24) is 5.32 Å². The van der Waals surface area contributed by atoms with Crippen LogP contribution in [0.2, 0.25) is 5.02 Å². The predicted octanol–water partition coefficient (Wildman–Crippen LogP) is 4.53. The lowest BCUT2D eigenvalue weighted by Crippen LogP contribution is -2.13. The fraction of sp³-hybridized carbons (Fsp3) is 0.143. The molecule has 0 aliphatic heterocycles. The fourth-order valence-corrected chi connectivity index (χ4v) is 2.26. The monoisotopic (exact) mass is 327 g/mol. The molecule has 1 nitrogen and oxygen atoms in total. The summed E-state index contributed by atoms with van der Waals surface area (Å²) >= 11 is 9.48. The molecule has 0 unspecified atom stereocenters. The third-order valence-electron chi connectivity index (χ3n) is 2.60. The zero-order chi connectivity index (χ0) is 13.0. The standard InChI is InChI=1S/C14H12BrClFN/c15-13-4-2-1-3-10(13)8-18-9-11-7-12(17)5-6-14(11)16/h1-7,18H,8-9H2. The summed E-state index contributed by atoms with van der Waals surface area (Å²) in [5.41, 5.74) is 1.92. The summed E-state index contributed by atoms with van der Waals surface area (Å²) < 4.78 is 14.1. The van der Waals surface area contributed by atoms with E-state index in [-0.39, 0.29) is 5.82 Å². The smallest absolute Gasteiger partial charge is 0.123 e. The molecule has 18 heavy (non-hydrogen) atoms. The van der Waals surface area contributed by atoms with Crippen molar-refractivity contribution in [2.24, 2.45) is 0 Å². The zero-order valence-electron chi connectivity index (χ0n) is 9.59. The van der Waals surface area contributed by atoms with E-state index in [1.165, 1.54) is 12.1 Å². The van der Waals surface area contributed by atoms with Crippen molar-refractivity contribution < 1.29 is 4.39 Å². The van der Waals surface area contributed by atoms with Gasteiger partial charge in [0.2, 0.25) is 0 Å². The van der Waals surface area contributed by atoms with E-state index >= 15 is 0 Å². The van der Waals surface area contributed by atoms with Crippen LogP contribution in [0, 0.1) is 5.82 Å². The Kier molecular flexibility index (Phi) is 4.75. The molecule has 0 radical (unpaired) electrons. The molecule has 0 spiro atoms. The molecule has 2 aromatic carbocycles. The van der Waals surface area contributed by atoms with E-state index in [1.807, 2.05) is 24.3 Å². The second kappa shape index (κ2) is 6.32. The van der Waals surface area contributed by atoms with Crippen LogP contribution in [-0.2, 0) is 13.1 Å². The second-order valence-electron chi connectivity index (χ2n) is 3.93. The fourth-order valence-electron chi connectivity index (χ4n) is 1.65. The van der Waals surface area contributed by atoms with Gasteiger partial charge in [0, 0.05) is 22.6 Å². The molecule has 2 rings (SSSR count). The number of halogens is 3. The molecule has 2 aromatic rings. The minimum Gasteiger partial charge on any atom is -0.309 e. The van der Waals surface area contributed by atoms with Crippen molar-refractivity contribution in [3.05, 3.63) is 68.9 Å². The topological polar surface area (TPSA) is 12.0 Å². The van der Waals surface area contributed by atoms with E-state index in [0.717, 1.165) is 15.6 Å². The maximum Gasteiger partial charge on any atom is 0.123 e. The quantitative estimate of drug-likeness (QED) is 0.869. The van der Waals surface area contributed by atoms with Crippen LogP contribution in [0.25, 0.3) is 0 Å². The number of hydrogen-bond acceptors (Lipinski definition) is 1. The molecular weight excluding hydrogens is 317 g/mol.